The average Bonchev–Trinajstić information content (AvgIpc) is 4.39. The molecule has 2 aromatic carbocycles. The molecule has 10 heterocycles. The molecule has 2 amide bonds. The highest BCUT2D eigenvalue weighted by Gasteiger charge is 2.37. The van der Waals surface area contributed by atoms with Crippen molar-refractivity contribution in [3.8, 4) is 35.3 Å². The van der Waals surface area contributed by atoms with Crippen LogP contribution < -0.4 is 28.7 Å². The molecule has 29 heteroatoms. The van der Waals surface area contributed by atoms with Gasteiger partial charge in [0.15, 0.2) is 11.5 Å². The highest BCUT2D eigenvalue weighted by molar-refractivity contribution is 6.34. The maximum Gasteiger partial charge on any atom is 0.319 e. The molecule has 6 aromatic heterocycles. The van der Waals surface area contributed by atoms with Gasteiger partial charge in [-0.15, -0.1) is 0 Å². The van der Waals surface area contributed by atoms with Crippen LogP contribution in [0.15, 0.2) is 68.2 Å². The fraction of sp³-hybridized carbons (Fsp3) is 0.382. The van der Waals surface area contributed by atoms with E-state index in [1.165, 1.54) is 36.7 Å². The van der Waals surface area contributed by atoms with Crippen LogP contribution in [0.5, 0.6) is 35.3 Å². The Bertz CT molecular complexity index is 3820. The number of piperidine rings is 1. The third kappa shape index (κ3) is 11.9. The molecule has 4 aliphatic heterocycles. The van der Waals surface area contributed by atoms with Gasteiger partial charge in [-0.25, -0.2) is 18.2 Å². The van der Waals surface area contributed by atoms with E-state index in [1.807, 2.05) is 19.0 Å². The lowest BCUT2D eigenvalue weighted by molar-refractivity contribution is -0.127. The number of fused-ring (bicyclic) bond motifs is 4. The number of hydrogen-bond donors (Lipinski definition) is 2. The van der Waals surface area contributed by atoms with Gasteiger partial charge in [-0.1, -0.05) is 48.0 Å². The number of carbonyl (C=O) groups excluding carboxylic acids is 2. The summed E-state index contributed by atoms with van der Waals surface area (Å²) in [6, 6.07) is 5.86. The predicted octanol–water partition coefficient (Wildman–Crippen LogP) is 7.81. The van der Waals surface area contributed by atoms with Crippen molar-refractivity contribution < 1.29 is 46.4 Å². The largest absolute Gasteiger partial charge is 0.460 e. The Morgan fingerprint density at radius 2 is 1.20 bits per heavy atom. The summed E-state index contributed by atoms with van der Waals surface area (Å²) in [7, 11) is 5.58. The zero-order valence-electron chi connectivity index (χ0n) is 45.8. The molecule has 4 saturated heterocycles. The number of aromatic amines is 2. The molecular formula is C55H56Cl3F3N16O7. The van der Waals surface area contributed by atoms with E-state index in [0.29, 0.717) is 141 Å². The van der Waals surface area contributed by atoms with Gasteiger partial charge in [0, 0.05) is 104 Å². The zero-order chi connectivity index (χ0) is 59.0. The van der Waals surface area contributed by atoms with E-state index in [-0.39, 0.29) is 86.6 Å². The van der Waals surface area contributed by atoms with Crippen LogP contribution >= 0.6 is 34.8 Å². The third-order valence-electron chi connectivity index (χ3n) is 15.1. The van der Waals surface area contributed by atoms with Gasteiger partial charge in [0.25, 0.3) is 0 Å². The number of benzene rings is 2. The molecule has 84 heavy (non-hydrogen) atoms. The summed E-state index contributed by atoms with van der Waals surface area (Å²) in [5.74, 6) is -0.590. The topological polar surface area (TPSA) is 234 Å². The number of nitrogens with zero attached hydrogens (tertiary/aromatic N) is 14. The van der Waals surface area contributed by atoms with Crippen LogP contribution in [0.25, 0.3) is 43.6 Å². The Morgan fingerprint density at radius 3 is 1.77 bits per heavy atom. The van der Waals surface area contributed by atoms with Gasteiger partial charge in [0.1, 0.15) is 74.0 Å². The second kappa shape index (κ2) is 24.4. The van der Waals surface area contributed by atoms with E-state index in [4.69, 9.17) is 68.5 Å². The lowest BCUT2D eigenvalue weighted by atomic mass is 9.95. The number of H-pyrrole nitrogens is 2. The first-order valence-electron chi connectivity index (χ1n) is 26.7. The van der Waals surface area contributed by atoms with Crippen LogP contribution in [-0.4, -0.2) is 206 Å². The Kier molecular flexibility index (Phi) is 16.8. The summed E-state index contributed by atoms with van der Waals surface area (Å²) in [6.07, 6.45) is 7.27. The van der Waals surface area contributed by atoms with Crippen LogP contribution in [0, 0.1) is 11.6 Å². The molecule has 23 nitrogen and oxygen atoms in total. The van der Waals surface area contributed by atoms with Gasteiger partial charge >= 0.3 is 12.0 Å². The Balaban J connectivity index is 0.000000176. The van der Waals surface area contributed by atoms with E-state index < -0.39 is 17.3 Å². The molecule has 440 valence electrons. The summed E-state index contributed by atoms with van der Waals surface area (Å²) in [4.78, 5) is 63.4. The zero-order valence-corrected chi connectivity index (χ0v) is 48.0. The molecule has 0 saturated carbocycles. The van der Waals surface area contributed by atoms with Crippen molar-refractivity contribution in [1.29, 1.82) is 0 Å². The molecule has 0 aliphatic carbocycles. The normalized spacial score (nSPS) is 18.5. The molecule has 8 aromatic rings. The summed E-state index contributed by atoms with van der Waals surface area (Å²) in [6.45, 7) is 13.2. The third-order valence-corrected chi connectivity index (χ3v) is 16.0. The number of methoxy groups -OCH3 is 1. The van der Waals surface area contributed by atoms with Crippen molar-refractivity contribution in [3.05, 3.63) is 95.0 Å². The van der Waals surface area contributed by atoms with Gasteiger partial charge in [-0.3, -0.25) is 24.7 Å². The highest BCUT2D eigenvalue weighted by atomic mass is 35.5. The number of pyridine rings is 2. The van der Waals surface area contributed by atoms with Gasteiger partial charge in [-0.2, -0.15) is 35.1 Å². The van der Waals surface area contributed by atoms with E-state index >= 15 is 4.39 Å². The Hall–Kier alpha value is -7.88. The number of nitrogens with one attached hydrogen (secondary N) is 2. The molecular weight excluding hydrogens is 1160 g/mol. The molecule has 2 N–H and O–H groups in total. The van der Waals surface area contributed by atoms with Crippen LogP contribution in [-0.2, 0) is 14.3 Å². The first-order valence-corrected chi connectivity index (χ1v) is 27.9. The van der Waals surface area contributed by atoms with Crippen molar-refractivity contribution in [2.75, 3.05) is 116 Å². The molecule has 2 atom stereocenters. The number of likely N-dealkylation sites (tertiary alicyclic amines) is 2. The summed E-state index contributed by atoms with van der Waals surface area (Å²) in [5, 5.41) is 15.0. The van der Waals surface area contributed by atoms with Gasteiger partial charge in [-0.05, 0) is 51.2 Å². The van der Waals surface area contributed by atoms with Gasteiger partial charge in [0.05, 0.1) is 45.0 Å². The van der Waals surface area contributed by atoms with E-state index in [2.05, 4.69) is 68.2 Å². The maximum atomic E-state index is 15.6. The number of ether oxygens (including phenoxy) is 5. The van der Waals surface area contributed by atoms with Crippen LogP contribution in [0.1, 0.15) is 12.8 Å². The standard InChI is InChI=1S/C28H28Cl2F2N8O3.C27H28ClFN8O4/c1-3-21(41)39-8-10-40(11-9-39)25-16-12-20(29)34-26(43-24-17-14-33-37-19(17)13-18(31)22(24)30)23(16)35-27(36-25)42-15-28(32)4-6-38(2)7-5-28;1-4-21(38)36-7-9-37(10-8-36)25-15-5-6-30-26(41-24-16-12-31-34-18(16)11-17(29)22(24)28)23(15)32-27(33-25)40-20-14-35(2)13-19(20)39-3/h3,12-14H,1,4-11,15H2,2H3,(H,33,37);4-6,11-12,19-20H,1,7-10,13-14H2,2-3H3,(H,31,34)/t;19-,20-/m.1/s1. The number of piperazine rings is 2. The molecule has 0 spiro atoms. The lowest BCUT2D eigenvalue weighted by Crippen LogP contribution is -2.48. The predicted molar refractivity (Wildman–Crippen MR) is 309 cm³/mol. The number of carbonyl (C=O) groups is 2. The highest BCUT2D eigenvalue weighted by Crippen LogP contribution is 2.43. The summed E-state index contributed by atoms with van der Waals surface area (Å²) in [5.41, 5.74) is -0.205. The van der Waals surface area contributed by atoms with Crippen LogP contribution in [0.2, 0.25) is 15.2 Å². The number of likely N-dealkylation sites (N-methyl/N-ethyl adjacent to an activating group) is 1. The first-order chi connectivity index (χ1) is 40.5. The fourth-order valence-electron chi connectivity index (χ4n) is 10.5. The number of rotatable bonds is 14. The molecule has 4 aliphatic rings. The first kappa shape index (κ1) is 57.9. The van der Waals surface area contributed by atoms with Gasteiger partial charge < -0.3 is 48.2 Å². The quantitative estimate of drug-likeness (QED) is 0.0780. The molecule has 0 bridgehead atoms. The molecule has 12 rings (SSSR count). The fourth-order valence-corrected chi connectivity index (χ4v) is 11.0. The van der Waals surface area contributed by atoms with E-state index in [0.717, 1.165) is 0 Å². The SMILES string of the molecule is C=CC(=O)N1CCN(c2nc(OCC3(F)CCN(C)CC3)nc3c(Oc4c(Cl)c(F)cc5[nH]ncc45)nc(Cl)cc23)CC1.C=CC(=O)N1CCN(c2nc(O[C@@H]3CN(C)C[C@H]3OC)nc3c(Oc4c(Cl)c(F)cc5[nH]ncc45)nccc23)CC1. The number of anilines is 2. The molecule has 4 fully saturated rings. The van der Waals surface area contributed by atoms with E-state index in [9.17, 15) is 18.4 Å². The number of halogens is 6. The second-order valence-electron chi connectivity index (χ2n) is 20.6. The van der Waals surface area contributed by atoms with Crippen molar-refractivity contribution in [3.63, 3.8) is 0 Å². The van der Waals surface area contributed by atoms with Crippen molar-refractivity contribution in [2.24, 2.45) is 0 Å². The minimum absolute atomic E-state index is 0.0327. The molecule has 0 radical (unpaired) electrons. The minimum Gasteiger partial charge on any atom is -0.460 e. The van der Waals surface area contributed by atoms with E-state index in [1.54, 1.807) is 35.2 Å². The maximum absolute atomic E-state index is 15.6. The summed E-state index contributed by atoms with van der Waals surface area (Å²) >= 11 is 19.1. The van der Waals surface area contributed by atoms with Crippen molar-refractivity contribution in [2.45, 2.75) is 30.7 Å². The van der Waals surface area contributed by atoms with Crippen LogP contribution in [0.3, 0.4) is 0 Å². The smallest absolute Gasteiger partial charge is 0.319 e. The Morgan fingerprint density at radius 1 is 0.679 bits per heavy atom. The summed E-state index contributed by atoms with van der Waals surface area (Å²) < 4.78 is 75.0. The average molecular weight is 1220 g/mol. The number of aromatic nitrogens is 10. The number of amides is 2. The van der Waals surface area contributed by atoms with Crippen molar-refractivity contribution >= 4 is 102 Å². The number of alkyl halides is 1. The minimum atomic E-state index is -1.54. The lowest BCUT2D eigenvalue weighted by Gasteiger charge is -2.35. The monoisotopic (exact) mass is 1210 g/mol. The van der Waals surface area contributed by atoms with Gasteiger partial charge in [0.2, 0.25) is 23.6 Å². The number of hydrogen-bond acceptors (Lipinski definition) is 19. The second-order valence-corrected chi connectivity index (χ2v) is 21.8. The Labute approximate surface area is 493 Å². The van der Waals surface area contributed by atoms with Crippen molar-refractivity contribution in [1.82, 2.24) is 69.9 Å². The van der Waals surface area contributed by atoms with Crippen LogP contribution in [0.4, 0.5) is 24.8 Å². The molecule has 0 unspecified atom stereocenters.